The van der Waals surface area contributed by atoms with Gasteiger partial charge in [-0.1, -0.05) is 0 Å². The second kappa shape index (κ2) is 6.40. The summed E-state index contributed by atoms with van der Waals surface area (Å²) in [5, 5.41) is 0. The van der Waals surface area contributed by atoms with Crippen LogP contribution in [0.25, 0.3) is 0 Å². The maximum Gasteiger partial charge on any atom is 0.243 e. The van der Waals surface area contributed by atoms with Crippen molar-refractivity contribution in [1.29, 1.82) is 0 Å². The summed E-state index contributed by atoms with van der Waals surface area (Å²) in [5.41, 5.74) is 2.55. The molecule has 1 aromatic heterocycles. The van der Waals surface area contributed by atoms with Crippen LogP contribution in [0.5, 0.6) is 0 Å². The number of nitrogen functional groups attached to an aromatic ring is 1. The fraction of sp³-hybridized carbons (Fsp3) is 0.769. The number of hydrogen-bond acceptors (Lipinski definition) is 8. The number of nitrogens with two attached hydrogens (primary N) is 1. The minimum absolute atomic E-state index is 0.401. The molecule has 2 fully saturated rings. The van der Waals surface area contributed by atoms with E-state index in [1.807, 2.05) is 7.05 Å². The summed E-state index contributed by atoms with van der Waals surface area (Å²) < 4.78 is 5.42. The zero-order valence-corrected chi connectivity index (χ0v) is 12.5. The SMILES string of the molecule is CN(c1nc(NN)nc(N2CCCC2)n1)C1CCOCC1. The molecule has 2 aliphatic heterocycles. The van der Waals surface area contributed by atoms with E-state index in [1.54, 1.807) is 0 Å². The van der Waals surface area contributed by atoms with Crippen LogP contribution in [0.1, 0.15) is 25.7 Å². The third-order valence-electron chi connectivity index (χ3n) is 4.18. The predicted octanol–water partition coefficient (Wildman–Crippen LogP) is 0.373. The Hall–Kier alpha value is -1.67. The first-order valence-corrected chi connectivity index (χ1v) is 7.56. The number of hydrazine groups is 1. The standard InChI is InChI=1S/C13H23N7O/c1-19(10-4-8-21-9-5-10)12-15-11(18-14)16-13(17-12)20-6-2-3-7-20/h10H,2-9,14H2,1H3,(H,15,16,17,18). The number of nitrogens with zero attached hydrogens (tertiary/aromatic N) is 5. The van der Waals surface area contributed by atoms with Gasteiger partial charge in [-0.05, 0) is 25.7 Å². The van der Waals surface area contributed by atoms with Gasteiger partial charge in [0, 0.05) is 39.4 Å². The zero-order chi connectivity index (χ0) is 14.7. The van der Waals surface area contributed by atoms with Gasteiger partial charge in [0.05, 0.1) is 0 Å². The van der Waals surface area contributed by atoms with Crippen molar-refractivity contribution in [1.82, 2.24) is 15.0 Å². The molecule has 2 aliphatic rings. The van der Waals surface area contributed by atoms with Crippen molar-refractivity contribution in [3.63, 3.8) is 0 Å². The van der Waals surface area contributed by atoms with Crippen LogP contribution < -0.4 is 21.1 Å². The number of rotatable bonds is 4. The normalized spacial score (nSPS) is 19.8. The minimum atomic E-state index is 0.401. The number of aromatic nitrogens is 3. The van der Waals surface area contributed by atoms with Gasteiger partial charge in [-0.25, -0.2) is 5.84 Å². The first kappa shape index (κ1) is 14.3. The molecule has 0 atom stereocenters. The Balaban J connectivity index is 1.83. The van der Waals surface area contributed by atoms with Gasteiger partial charge in [0.15, 0.2) is 0 Å². The highest BCUT2D eigenvalue weighted by atomic mass is 16.5. The van der Waals surface area contributed by atoms with E-state index >= 15 is 0 Å². The van der Waals surface area contributed by atoms with E-state index in [9.17, 15) is 0 Å². The first-order valence-electron chi connectivity index (χ1n) is 7.56. The van der Waals surface area contributed by atoms with Crippen LogP contribution in [-0.4, -0.2) is 54.3 Å². The monoisotopic (exact) mass is 293 g/mol. The first-order chi connectivity index (χ1) is 10.3. The highest BCUT2D eigenvalue weighted by Gasteiger charge is 2.23. The van der Waals surface area contributed by atoms with Crippen LogP contribution in [0.4, 0.5) is 17.8 Å². The van der Waals surface area contributed by atoms with Gasteiger partial charge in [-0.15, -0.1) is 0 Å². The molecule has 0 unspecified atom stereocenters. The summed E-state index contributed by atoms with van der Waals surface area (Å²) in [6.45, 7) is 3.57. The summed E-state index contributed by atoms with van der Waals surface area (Å²) in [4.78, 5) is 17.7. The molecule has 116 valence electrons. The van der Waals surface area contributed by atoms with Gasteiger partial charge >= 0.3 is 0 Å². The Morgan fingerprint density at radius 2 is 1.90 bits per heavy atom. The zero-order valence-electron chi connectivity index (χ0n) is 12.5. The molecule has 2 saturated heterocycles. The van der Waals surface area contributed by atoms with Crippen LogP contribution in [0.3, 0.4) is 0 Å². The van der Waals surface area contributed by atoms with Gasteiger partial charge in [0.25, 0.3) is 0 Å². The van der Waals surface area contributed by atoms with E-state index in [2.05, 4.69) is 30.2 Å². The van der Waals surface area contributed by atoms with Crippen molar-refractivity contribution in [2.45, 2.75) is 31.7 Å². The van der Waals surface area contributed by atoms with Crippen LogP contribution in [0.15, 0.2) is 0 Å². The molecule has 0 saturated carbocycles. The van der Waals surface area contributed by atoms with E-state index in [0.29, 0.717) is 23.9 Å². The summed E-state index contributed by atoms with van der Waals surface area (Å²) in [5.74, 6) is 7.31. The van der Waals surface area contributed by atoms with E-state index in [0.717, 1.165) is 39.1 Å². The quantitative estimate of drug-likeness (QED) is 0.608. The Bertz CT molecular complexity index is 472. The van der Waals surface area contributed by atoms with E-state index in [1.165, 1.54) is 12.8 Å². The molecule has 8 heteroatoms. The average molecular weight is 293 g/mol. The molecule has 0 aromatic carbocycles. The maximum absolute atomic E-state index is 5.51. The molecule has 3 N–H and O–H groups in total. The lowest BCUT2D eigenvalue weighted by Crippen LogP contribution is -2.38. The Morgan fingerprint density at radius 1 is 1.19 bits per heavy atom. The molecule has 21 heavy (non-hydrogen) atoms. The van der Waals surface area contributed by atoms with Crippen molar-refractivity contribution < 1.29 is 4.74 Å². The lowest BCUT2D eigenvalue weighted by molar-refractivity contribution is 0.0852. The molecule has 3 rings (SSSR count). The number of anilines is 3. The topological polar surface area (TPSA) is 92.4 Å². The van der Waals surface area contributed by atoms with Gasteiger partial charge in [-0.2, -0.15) is 15.0 Å². The number of ether oxygens (including phenoxy) is 1. The second-order valence-corrected chi connectivity index (χ2v) is 5.55. The minimum Gasteiger partial charge on any atom is -0.381 e. The molecule has 0 radical (unpaired) electrons. The largest absolute Gasteiger partial charge is 0.381 e. The van der Waals surface area contributed by atoms with Gasteiger partial charge in [0.2, 0.25) is 17.8 Å². The lowest BCUT2D eigenvalue weighted by atomic mass is 10.1. The van der Waals surface area contributed by atoms with Gasteiger partial charge < -0.3 is 14.5 Å². The predicted molar refractivity (Wildman–Crippen MR) is 81.3 cm³/mol. The highest BCUT2D eigenvalue weighted by molar-refractivity contribution is 5.45. The second-order valence-electron chi connectivity index (χ2n) is 5.55. The van der Waals surface area contributed by atoms with Crippen molar-refractivity contribution in [3.8, 4) is 0 Å². The fourth-order valence-electron chi connectivity index (χ4n) is 2.87. The molecule has 0 aliphatic carbocycles. The third-order valence-corrected chi connectivity index (χ3v) is 4.18. The van der Waals surface area contributed by atoms with Gasteiger partial charge in [0.1, 0.15) is 0 Å². The Labute approximate surface area is 124 Å². The molecule has 1 aromatic rings. The van der Waals surface area contributed by atoms with Crippen molar-refractivity contribution >= 4 is 17.8 Å². The molecular formula is C13H23N7O. The Morgan fingerprint density at radius 3 is 2.57 bits per heavy atom. The molecule has 0 spiro atoms. The fourth-order valence-corrected chi connectivity index (χ4v) is 2.87. The number of nitrogens with one attached hydrogen (secondary N) is 1. The van der Waals surface area contributed by atoms with Crippen LogP contribution >= 0.6 is 0 Å². The summed E-state index contributed by atoms with van der Waals surface area (Å²) >= 11 is 0. The lowest BCUT2D eigenvalue weighted by Gasteiger charge is -2.31. The third kappa shape index (κ3) is 3.16. The molecule has 8 nitrogen and oxygen atoms in total. The van der Waals surface area contributed by atoms with Crippen LogP contribution in [0, 0.1) is 0 Å². The van der Waals surface area contributed by atoms with E-state index in [-0.39, 0.29) is 0 Å². The van der Waals surface area contributed by atoms with Crippen LogP contribution in [0.2, 0.25) is 0 Å². The Kier molecular flexibility index (Phi) is 4.35. The molecule has 0 bridgehead atoms. The summed E-state index contributed by atoms with van der Waals surface area (Å²) in [7, 11) is 2.03. The van der Waals surface area contributed by atoms with E-state index in [4.69, 9.17) is 10.6 Å². The van der Waals surface area contributed by atoms with Crippen molar-refractivity contribution in [2.75, 3.05) is 48.6 Å². The van der Waals surface area contributed by atoms with Crippen LogP contribution in [-0.2, 0) is 4.74 Å². The number of hydrogen-bond donors (Lipinski definition) is 2. The highest BCUT2D eigenvalue weighted by Crippen LogP contribution is 2.22. The van der Waals surface area contributed by atoms with Crippen molar-refractivity contribution in [3.05, 3.63) is 0 Å². The summed E-state index contributed by atoms with van der Waals surface area (Å²) in [6, 6.07) is 0.401. The average Bonchev–Trinajstić information content (AvgIpc) is 3.09. The molecule has 0 amide bonds. The molecular weight excluding hydrogens is 270 g/mol. The van der Waals surface area contributed by atoms with Gasteiger partial charge in [-0.3, -0.25) is 5.43 Å². The van der Waals surface area contributed by atoms with E-state index < -0.39 is 0 Å². The smallest absolute Gasteiger partial charge is 0.243 e. The maximum atomic E-state index is 5.51. The summed E-state index contributed by atoms with van der Waals surface area (Å²) in [6.07, 6.45) is 4.35. The van der Waals surface area contributed by atoms with Crippen molar-refractivity contribution in [2.24, 2.45) is 5.84 Å². The molecule has 3 heterocycles.